The van der Waals surface area contributed by atoms with Gasteiger partial charge < -0.3 is 9.67 Å². The molecule has 3 rings (SSSR count). The number of fused-ring (bicyclic) bond motifs is 1. The van der Waals surface area contributed by atoms with Crippen LogP contribution in [0.4, 0.5) is 0 Å². The van der Waals surface area contributed by atoms with E-state index in [1.807, 2.05) is 6.07 Å². The molecule has 1 aromatic carbocycles. The Balaban J connectivity index is 1.91. The predicted octanol–water partition coefficient (Wildman–Crippen LogP) is 3.20. The number of benzene rings is 1. The highest BCUT2D eigenvalue weighted by atomic mass is 31.1. The summed E-state index contributed by atoms with van der Waals surface area (Å²) >= 11 is 0. The first-order valence-corrected chi connectivity index (χ1v) is 8.40. The van der Waals surface area contributed by atoms with Crippen LogP contribution in [-0.4, -0.2) is 40.1 Å². The van der Waals surface area contributed by atoms with Gasteiger partial charge >= 0.3 is 5.97 Å². The lowest BCUT2D eigenvalue weighted by molar-refractivity contribution is 0.0697. The fraction of sp³-hybridized carbons (Fsp3) is 0.400. The van der Waals surface area contributed by atoms with Crippen LogP contribution in [0.15, 0.2) is 30.5 Å². The zero-order valence-electron chi connectivity index (χ0n) is 11.5. The van der Waals surface area contributed by atoms with Gasteiger partial charge in [0.25, 0.3) is 0 Å². The number of hydrogen-bond acceptors (Lipinski definition) is 2. The lowest BCUT2D eigenvalue weighted by Crippen LogP contribution is -2.28. The summed E-state index contributed by atoms with van der Waals surface area (Å²) in [4.78, 5) is 11.1. The summed E-state index contributed by atoms with van der Waals surface area (Å²) < 4.78 is 4.75. The molecule has 1 unspecified atom stereocenters. The minimum Gasteiger partial charge on any atom is -0.478 e. The van der Waals surface area contributed by atoms with E-state index in [2.05, 4.69) is 28.2 Å². The molecule has 20 heavy (non-hydrogen) atoms. The Morgan fingerprint density at radius 3 is 2.70 bits per heavy atom. The summed E-state index contributed by atoms with van der Waals surface area (Å²) in [6, 6.07) is 7.94. The zero-order chi connectivity index (χ0) is 14.1. The highest BCUT2D eigenvalue weighted by Gasteiger charge is 2.20. The molecule has 106 valence electrons. The zero-order valence-corrected chi connectivity index (χ0v) is 12.5. The summed E-state index contributed by atoms with van der Waals surface area (Å²) in [7, 11) is 0.884. The first kappa shape index (κ1) is 13.6. The van der Waals surface area contributed by atoms with Crippen molar-refractivity contribution in [1.82, 2.24) is 9.24 Å². The standard InChI is InChI=1S/C15H19N2O2P/c1-20-16-7-5-13(6-8-16)17-9-4-11-2-3-12(15(18)19)10-14(11)17/h2-4,9-10,13,20H,5-8H2,1H3,(H,18,19). The number of carboxylic acid groups (broad SMARTS) is 1. The van der Waals surface area contributed by atoms with Gasteiger partial charge in [0.1, 0.15) is 0 Å². The molecule has 1 saturated heterocycles. The van der Waals surface area contributed by atoms with Gasteiger partial charge in [0, 0.05) is 30.8 Å². The van der Waals surface area contributed by atoms with E-state index in [1.165, 1.54) is 0 Å². The van der Waals surface area contributed by atoms with Crippen LogP contribution in [0.5, 0.6) is 0 Å². The maximum Gasteiger partial charge on any atom is 0.335 e. The molecule has 1 fully saturated rings. The minimum atomic E-state index is -0.860. The van der Waals surface area contributed by atoms with Crippen molar-refractivity contribution in [3.63, 3.8) is 0 Å². The minimum absolute atomic E-state index is 0.366. The quantitative estimate of drug-likeness (QED) is 0.883. The number of nitrogens with zero attached hydrogens (tertiary/aromatic N) is 2. The van der Waals surface area contributed by atoms with E-state index in [1.54, 1.807) is 12.1 Å². The first-order valence-electron chi connectivity index (χ1n) is 6.95. The van der Waals surface area contributed by atoms with E-state index in [0.29, 0.717) is 11.6 Å². The summed E-state index contributed by atoms with van der Waals surface area (Å²) in [5, 5.41) is 10.3. The molecule has 1 aromatic heterocycles. The molecule has 1 aliphatic heterocycles. The van der Waals surface area contributed by atoms with Crippen molar-refractivity contribution in [3.05, 3.63) is 36.0 Å². The van der Waals surface area contributed by atoms with Crippen LogP contribution in [0.3, 0.4) is 0 Å². The van der Waals surface area contributed by atoms with Gasteiger partial charge in [0.15, 0.2) is 0 Å². The molecule has 1 N–H and O–H groups in total. The third kappa shape index (κ3) is 2.46. The van der Waals surface area contributed by atoms with E-state index < -0.39 is 5.97 Å². The monoisotopic (exact) mass is 290 g/mol. The van der Waals surface area contributed by atoms with Crippen molar-refractivity contribution in [2.75, 3.05) is 19.8 Å². The smallest absolute Gasteiger partial charge is 0.335 e. The predicted molar refractivity (Wildman–Crippen MR) is 83.0 cm³/mol. The number of piperidine rings is 1. The molecule has 0 saturated carbocycles. The van der Waals surface area contributed by atoms with Gasteiger partial charge in [-0.15, -0.1) is 0 Å². The Morgan fingerprint density at radius 1 is 1.30 bits per heavy atom. The van der Waals surface area contributed by atoms with Crippen LogP contribution in [0.25, 0.3) is 10.9 Å². The maximum absolute atomic E-state index is 11.1. The van der Waals surface area contributed by atoms with Crippen molar-refractivity contribution in [3.8, 4) is 0 Å². The second-order valence-corrected chi connectivity index (χ2v) is 6.32. The second-order valence-electron chi connectivity index (χ2n) is 5.24. The molecule has 2 aromatic rings. The van der Waals surface area contributed by atoms with Crippen LogP contribution in [-0.2, 0) is 0 Å². The molecule has 4 nitrogen and oxygen atoms in total. The fourth-order valence-corrected chi connectivity index (χ4v) is 3.67. The highest BCUT2D eigenvalue weighted by Crippen LogP contribution is 2.31. The Kier molecular flexibility index (Phi) is 3.77. The average Bonchev–Trinajstić information content (AvgIpc) is 2.90. The van der Waals surface area contributed by atoms with Gasteiger partial charge in [0.05, 0.1) is 5.56 Å². The van der Waals surface area contributed by atoms with E-state index in [4.69, 9.17) is 5.11 Å². The second kappa shape index (κ2) is 5.55. The first-order chi connectivity index (χ1) is 9.69. The number of carboxylic acids is 1. The van der Waals surface area contributed by atoms with E-state index in [9.17, 15) is 4.79 Å². The molecule has 0 amide bonds. The Bertz CT molecular complexity index is 630. The molecular weight excluding hydrogens is 271 g/mol. The van der Waals surface area contributed by atoms with Crippen molar-refractivity contribution < 1.29 is 9.90 Å². The van der Waals surface area contributed by atoms with Crippen molar-refractivity contribution >= 4 is 25.6 Å². The molecule has 5 heteroatoms. The number of rotatable bonds is 3. The molecule has 1 aliphatic rings. The molecule has 0 radical (unpaired) electrons. The largest absolute Gasteiger partial charge is 0.478 e. The summed E-state index contributed by atoms with van der Waals surface area (Å²) in [5.74, 6) is -0.860. The SMILES string of the molecule is CPN1CCC(n2ccc3ccc(C(=O)O)cc32)CC1. The van der Waals surface area contributed by atoms with Gasteiger partial charge in [0.2, 0.25) is 0 Å². The third-order valence-corrected chi connectivity index (χ3v) is 5.22. The van der Waals surface area contributed by atoms with Gasteiger partial charge in [-0.2, -0.15) is 0 Å². The van der Waals surface area contributed by atoms with Crippen molar-refractivity contribution in [2.45, 2.75) is 18.9 Å². The van der Waals surface area contributed by atoms with E-state index in [0.717, 1.165) is 45.6 Å². The van der Waals surface area contributed by atoms with Gasteiger partial charge in [-0.1, -0.05) is 14.8 Å². The van der Waals surface area contributed by atoms with E-state index in [-0.39, 0.29) is 0 Å². The Morgan fingerprint density at radius 2 is 2.05 bits per heavy atom. The van der Waals surface area contributed by atoms with Crippen molar-refractivity contribution in [2.24, 2.45) is 0 Å². The van der Waals surface area contributed by atoms with Gasteiger partial charge in [-0.25, -0.2) is 4.79 Å². The van der Waals surface area contributed by atoms with Crippen molar-refractivity contribution in [1.29, 1.82) is 0 Å². The lowest BCUT2D eigenvalue weighted by Gasteiger charge is -2.32. The van der Waals surface area contributed by atoms with Crippen LogP contribution in [0, 0.1) is 0 Å². The average molecular weight is 290 g/mol. The number of aromatic nitrogens is 1. The molecule has 2 heterocycles. The Labute approximate surface area is 120 Å². The normalized spacial score (nSPS) is 18.2. The molecule has 0 spiro atoms. The van der Waals surface area contributed by atoms with Crippen LogP contribution < -0.4 is 0 Å². The van der Waals surface area contributed by atoms with Gasteiger partial charge in [-0.05, 0) is 43.1 Å². The van der Waals surface area contributed by atoms with Gasteiger partial charge in [-0.3, -0.25) is 4.67 Å². The number of hydrogen-bond donors (Lipinski definition) is 1. The summed E-state index contributed by atoms with van der Waals surface area (Å²) in [5.41, 5.74) is 1.41. The van der Waals surface area contributed by atoms with E-state index >= 15 is 0 Å². The molecular formula is C15H19N2O2P. The third-order valence-electron chi connectivity index (χ3n) is 4.14. The maximum atomic E-state index is 11.1. The lowest BCUT2D eigenvalue weighted by atomic mass is 10.1. The highest BCUT2D eigenvalue weighted by molar-refractivity contribution is 7.34. The molecule has 0 bridgehead atoms. The Hall–Kier alpha value is -1.38. The van der Waals surface area contributed by atoms with Crippen LogP contribution >= 0.6 is 8.73 Å². The molecule has 0 aliphatic carbocycles. The van der Waals surface area contributed by atoms with Crippen LogP contribution in [0.1, 0.15) is 29.2 Å². The number of carbonyl (C=O) groups is 1. The fourth-order valence-electron chi connectivity index (χ4n) is 2.97. The van der Waals surface area contributed by atoms with Crippen LogP contribution in [0.2, 0.25) is 0 Å². The summed E-state index contributed by atoms with van der Waals surface area (Å²) in [6.07, 6.45) is 4.38. The molecule has 1 atom stereocenters. The number of aromatic carboxylic acids is 1. The summed E-state index contributed by atoms with van der Waals surface area (Å²) in [6.45, 7) is 4.50. The topological polar surface area (TPSA) is 45.5 Å².